The van der Waals surface area contributed by atoms with Crippen molar-refractivity contribution in [1.29, 1.82) is 0 Å². The molecule has 0 amide bonds. The average molecular weight is 409 g/mol. The van der Waals surface area contributed by atoms with Gasteiger partial charge in [-0.25, -0.2) is 4.98 Å². The molecule has 5 nitrogen and oxygen atoms in total. The van der Waals surface area contributed by atoms with Gasteiger partial charge < -0.3 is 9.80 Å². The number of hydrogen-bond donors (Lipinski definition) is 0. The van der Waals surface area contributed by atoms with E-state index in [0.717, 1.165) is 55.2 Å². The van der Waals surface area contributed by atoms with Crippen LogP contribution in [0.25, 0.3) is 10.2 Å². The zero-order chi connectivity index (χ0) is 20.0. The van der Waals surface area contributed by atoms with Gasteiger partial charge in [-0.2, -0.15) is 0 Å². The molecule has 0 N–H and O–H groups in total. The standard InChI is InChI=1S/C23H28N4OS/c1-16(2)27-22(28)20-18-10-6-7-11-19(18)29-21(20)24-23(27)26-14-12-25(13-15-26)17-8-4-3-5-9-17/h3-5,8-9,16H,6-7,10-15H2,1-2H3. The van der Waals surface area contributed by atoms with Crippen LogP contribution in [0.4, 0.5) is 11.6 Å². The summed E-state index contributed by atoms with van der Waals surface area (Å²) in [5, 5.41) is 0.894. The fourth-order valence-electron chi connectivity index (χ4n) is 4.70. The van der Waals surface area contributed by atoms with Crippen LogP contribution in [0.2, 0.25) is 0 Å². The van der Waals surface area contributed by atoms with Crippen LogP contribution in [-0.4, -0.2) is 35.7 Å². The van der Waals surface area contributed by atoms with Gasteiger partial charge in [0.05, 0.1) is 5.39 Å². The highest BCUT2D eigenvalue weighted by molar-refractivity contribution is 7.18. The number of fused-ring (bicyclic) bond motifs is 3. The number of hydrogen-bond acceptors (Lipinski definition) is 5. The van der Waals surface area contributed by atoms with Crippen molar-refractivity contribution in [3.8, 4) is 0 Å². The van der Waals surface area contributed by atoms with Gasteiger partial charge in [-0.1, -0.05) is 18.2 Å². The summed E-state index contributed by atoms with van der Waals surface area (Å²) in [5.74, 6) is 0.851. The molecule has 1 aliphatic heterocycles. The molecule has 0 radical (unpaired) electrons. The van der Waals surface area contributed by atoms with Gasteiger partial charge in [0.2, 0.25) is 5.95 Å². The highest BCUT2D eigenvalue weighted by atomic mass is 32.1. The average Bonchev–Trinajstić information content (AvgIpc) is 3.13. The van der Waals surface area contributed by atoms with E-state index in [1.54, 1.807) is 11.3 Å². The van der Waals surface area contributed by atoms with Crippen LogP contribution in [0.3, 0.4) is 0 Å². The lowest BCUT2D eigenvalue weighted by molar-refractivity contribution is 0.545. The largest absolute Gasteiger partial charge is 0.368 e. The first-order valence-corrected chi connectivity index (χ1v) is 11.6. The second-order valence-electron chi connectivity index (χ2n) is 8.38. The van der Waals surface area contributed by atoms with Crippen molar-refractivity contribution in [2.24, 2.45) is 0 Å². The lowest BCUT2D eigenvalue weighted by atomic mass is 9.97. The van der Waals surface area contributed by atoms with Gasteiger partial charge in [-0.05, 0) is 57.2 Å². The summed E-state index contributed by atoms with van der Waals surface area (Å²) in [5.41, 5.74) is 2.70. The molecule has 0 saturated carbocycles. The van der Waals surface area contributed by atoms with Gasteiger partial charge in [0.1, 0.15) is 4.83 Å². The number of thiophene rings is 1. The second kappa shape index (κ2) is 7.48. The molecule has 0 bridgehead atoms. The Labute approximate surface area is 175 Å². The van der Waals surface area contributed by atoms with Gasteiger partial charge in [0.25, 0.3) is 5.56 Å². The fraction of sp³-hybridized carbons (Fsp3) is 0.478. The minimum absolute atomic E-state index is 0.0979. The van der Waals surface area contributed by atoms with Crippen molar-refractivity contribution >= 4 is 33.2 Å². The summed E-state index contributed by atoms with van der Waals surface area (Å²) in [6, 6.07) is 10.7. The molecule has 0 atom stereocenters. The van der Waals surface area contributed by atoms with Crippen molar-refractivity contribution in [2.45, 2.75) is 45.6 Å². The van der Waals surface area contributed by atoms with Gasteiger partial charge in [-0.15, -0.1) is 11.3 Å². The smallest absolute Gasteiger partial charge is 0.264 e. The normalized spacial score (nSPS) is 17.2. The maximum atomic E-state index is 13.5. The lowest BCUT2D eigenvalue weighted by Gasteiger charge is -2.37. The number of rotatable bonds is 3. The molecule has 1 aromatic carbocycles. The first kappa shape index (κ1) is 18.7. The van der Waals surface area contributed by atoms with Crippen molar-refractivity contribution < 1.29 is 0 Å². The van der Waals surface area contributed by atoms with E-state index in [9.17, 15) is 4.79 Å². The maximum absolute atomic E-state index is 13.5. The molecule has 3 heterocycles. The van der Waals surface area contributed by atoms with Crippen molar-refractivity contribution in [1.82, 2.24) is 9.55 Å². The predicted octanol–water partition coefficient (Wildman–Crippen LogP) is 4.24. The predicted molar refractivity (Wildman–Crippen MR) is 122 cm³/mol. The number of nitrogens with zero attached hydrogens (tertiary/aromatic N) is 4. The van der Waals surface area contributed by atoms with Crippen LogP contribution in [-0.2, 0) is 12.8 Å². The summed E-state index contributed by atoms with van der Waals surface area (Å²) in [6.07, 6.45) is 4.54. The van der Waals surface area contributed by atoms with Gasteiger partial charge in [0.15, 0.2) is 0 Å². The Morgan fingerprint density at radius 3 is 2.38 bits per heavy atom. The van der Waals surface area contributed by atoms with Crippen LogP contribution >= 0.6 is 11.3 Å². The minimum Gasteiger partial charge on any atom is -0.368 e. The second-order valence-corrected chi connectivity index (χ2v) is 9.47. The van der Waals surface area contributed by atoms with Crippen LogP contribution in [0.5, 0.6) is 0 Å². The molecular weight excluding hydrogens is 380 g/mol. The van der Waals surface area contributed by atoms with Crippen LogP contribution in [0, 0.1) is 0 Å². The summed E-state index contributed by atoms with van der Waals surface area (Å²) in [7, 11) is 0. The Kier molecular flexibility index (Phi) is 4.82. The molecule has 3 aromatic rings. The molecule has 1 aliphatic carbocycles. The number of para-hydroxylation sites is 1. The van der Waals surface area contributed by atoms with E-state index in [1.807, 2.05) is 4.57 Å². The molecule has 152 valence electrons. The third-order valence-electron chi connectivity index (χ3n) is 6.20. The minimum atomic E-state index is 0.0979. The Bertz CT molecular complexity index is 1080. The Morgan fingerprint density at radius 1 is 0.966 bits per heavy atom. The zero-order valence-corrected chi connectivity index (χ0v) is 18.0. The van der Waals surface area contributed by atoms with Gasteiger partial charge in [-0.3, -0.25) is 9.36 Å². The zero-order valence-electron chi connectivity index (χ0n) is 17.2. The van der Waals surface area contributed by atoms with Crippen molar-refractivity contribution in [2.75, 3.05) is 36.0 Å². The van der Waals surface area contributed by atoms with E-state index in [0.29, 0.717) is 0 Å². The van der Waals surface area contributed by atoms with E-state index in [2.05, 4.69) is 54.0 Å². The molecule has 2 aliphatic rings. The topological polar surface area (TPSA) is 41.4 Å². The van der Waals surface area contributed by atoms with E-state index >= 15 is 0 Å². The molecule has 0 unspecified atom stereocenters. The molecule has 1 fully saturated rings. The molecule has 1 saturated heterocycles. The van der Waals surface area contributed by atoms with E-state index in [-0.39, 0.29) is 11.6 Å². The highest BCUT2D eigenvalue weighted by Gasteiger charge is 2.27. The fourth-order valence-corrected chi connectivity index (χ4v) is 5.95. The molecule has 2 aromatic heterocycles. The van der Waals surface area contributed by atoms with E-state index < -0.39 is 0 Å². The number of aromatic nitrogens is 2. The maximum Gasteiger partial charge on any atom is 0.264 e. The first-order chi connectivity index (χ1) is 14.1. The summed E-state index contributed by atoms with van der Waals surface area (Å²) in [6.45, 7) is 7.83. The summed E-state index contributed by atoms with van der Waals surface area (Å²) < 4.78 is 1.93. The molecule has 0 spiro atoms. The molecule has 6 heteroatoms. The Hall–Kier alpha value is -2.34. The number of aryl methyl sites for hydroxylation is 2. The highest BCUT2D eigenvalue weighted by Crippen LogP contribution is 2.35. The summed E-state index contributed by atoms with van der Waals surface area (Å²) in [4.78, 5) is 25.7. The van der Waals surface area contributed by atoms with E-state index in [1.165, 1.54) is 29.0 Å². The third-order valence-corrected chi connectivity index (χ3v) is 7.39. The van der Waals surface area contributed by atoms with Crippen LogP contribution in [0.1, 0.15) is 43.2 Å². The lowest BCUT2D eigenvalue weighted by Crippen LogP contribution is -2.48. The van der Waals surface area contributed by atoms with Crippen LogP contribution in [0.15, 0.2) is 35.1 Å². The Morgan fingerprint density at radius 2 is 1.66 bits per heavy atom. The van der Waals surface area contributed by atoms with Crippen LogP contribution < -0.4 is 15.4 Å². The first-order valence-electron chi connectivity index (χ1n) is 10.7. The number of benzene rings is 1. The molecule has 29 heavy (non-hydrogen) atoms. The number of anilines is 2. The van der Waals surface area contributed by atoms with E-state index in [4.69, 9.17) is 4.98 Å². The van der Waals surface area contributed by atoms with Crippen molar-refractivity contribution in [3.05, 3.63) is 51.1 Å². The van der Waals surface area contributed by atoms with Gasteiger partial charge >= 0.3 is 0 Å². The Balaban J connectivity index is 1.51. The monoisotopic (exact) mass is 408 g/mol. The third kappa shape index (κ3) is 3.23. The van der Waals surface area contributed by atoms with Gasteiger partial charge in [0, 0.05) is 42.8 Å². The SMILES string of the molecule is CC(C)n1c(N2CCN(c3ccccc3)CC2)nc2sc3c(c2c1=O)CCCC3. The molecule has 5 rings (SSSR count). The number of piperazine rings is 1. The quantitative estimate of drug-likeness (QED) is 0.650. The molecular formula is C23H28N4OS. The summed E-state index contributed by atoms with van der Waals surface area (Å²) >= 11 is 1.75. The van der Waals surface area contributed by atoms with Crippen molar-refractivity contribution in [3.63, 3.8) is 0 Å².